The summed E-state index contributed by atoms with van der Waals surface area (Å²) in [5.74, 6) is 0.487. The standard InChI is InChI=1S/C15H14N2O2/c1-8-6-9(2)14-10(7-8)16-15(17-14)13-11(18)4-3-5-12(13)19/h3-7,18-19H,1-2H3,(H,16,17). The molecule has 0 aliphatic rings. The van der Waals surface area contributed by atoms with E-state index in [0.29, 0.717) is 11.4 Å². The van der Waals surface area contributed by atoms with Crippen LogP contribution < -0.4 is 0 Å². The fourth-order valence-corrected chi connectivity index (χ4v) is 2.36. The van der Waals surface area contributed by atoms with Gasteiger partial charge in [0.05, 0.1) is 11.0 Å². The van der Waals surface area contributed by atoms with Crippen molar-refractivity contribution in [2.75, 3.05) is 0 Å². The Morgan fingerprint density at radius 3 is 2.42 bits per heavy atom. The molecule has 0 bridgehead atoms. The highest BCUT2D eigenvalue weighted by molar-refractivity contribution is 5.85. The van der Waals surface area contributed by atoms with Crippen LogP contribution in [0.15, 0.2) is 30.3 Å². The number of phenolic OH excluding ortho intramolecular Hbond substituents is 2. The Hall–Kier alpha value is -2.49. The summed E-state index contributed by atoms with van der Waals surface area (Å²) < 4.78 is 0. The van der Waals surface area contributed by atoms with Crippen molar-refractivity contribution in [2.45, 2.75) is 13.8 Å². The average molecular weight is 254 g/mol. The smallest absolute Gasteiger partial charge is 0.146 e. The molecule has 0 atom stereocenters. The molecular weight excluding hydrogens is 240 g/mol. The molecule has 0 aliphatic carbocycles. The molecule has 1 aromatic heterocycles. The first kappa shape index (κ1) is 11.6. The number of rotatable bonds is 1. The molecule has 0 amide bonds. The molecular formula is C15H14N2O2. The van der Waals surface area contributed by atoms with Gasteiger partial charge in [-0.05, 0) is 43.2 Å². The van der Waals surface area contributed by atoms with Crippen molar-refractivity contribution in [3.8, 4) is 22.9 Å². The van der Waals surface area contributed by atoms with Gasteiger partial charge in [-0.1, -0.05) is 12.1 Å². The monoisotopic (exact) mass is 254 g/mol. The minimum absolute atomic E-state index is 0.00781. The van der Waals surface area contributed by atoms with E-state index in [9.17, 15) is 10.2 Å². The van der Waals surface area contributed by atoms with Gasteiger partial charge in [-0.3, -0.25) is 0 Å². The highest BCUT2D eigenvalue weighted by Gasteiger charge is 2.14. The molecule has 0 fully saturated rings. The Morgan fingerprint density at radius 1 is 1.05 bits per heavy atom. The summed E-state index contributed by atoms with van der Waals surface area (Å²) in [6.45, 7) is 4.01. The van der Waals surface area contributed by atoms with Crippen LogP contribution in [-0.2, 0) is 0 Å². The zero-order valence-corrected chi connectivity index (χ0v) is 10.7. The number of hydrogen-bond acceptors (Lipinski definition) is 3. The third kappa shape index (κ3) is 1.81. The third-order valence-corrected chi connectivity index (χ3v) is 3.18. The third-order valence-electron chi connectivity index (χ3n) is 3.18. The van der Waals surface area contributed by atoms with Gasteiger partial charge in [-0.15, -0.1) is 0 Å². The van der Waals surface area contributed by atoms with E-state index >= 15 is 0 Å². The molecule has 0 radical (unpaired) electrons. The second-order valence-corrected chi connectivity index (χ2v) is 4.73. The predicted octanol–water partition coefficient (Wildman–Crippen LogP) is 3.26. The zero-order valence-electron chi connectivity index (χ0n) is 10.7. The van der Waals surface area contributed by atoms with Gasteiger partial charge < -0.3 is 15.2 Å². The molecule has 3 aromatic rings. The fourth-order valence-electron chi connectivity index (χ4n) is 2.36. The second-order valence-electron chi connectivity index (χ2n) is 4.73. The Labute approximate surface area is 110 Å². The van der Waals surface area contributed by atoms with Crippen LogP contribution in [0.1, 0.15) is 11.1 Å². The Bertz CT molecular complexity index is 755. The number of fused-ring (bicyclic) bond motifs is 1. The van der Waals surface area contributed by atoms with Crippen molar-refractivity contribution in [1.82, 2.24) is 9.97 Å². The van der Waals surface area contributed by atoms with Crippen LogP contribution in [-0.4, -0.2) is 20.2 Å². The lowest BCUT2D eigenvalue weighted by atomic mass is 10.1. The first-order valence-corrected chi connectivity index (χ1v) is 6.04. The number of hydrogen-bond donors (Lipinski definition) is 3. The fraction of sp³-hybridized carbons (Fsp3) is 0.133. The molecule has 2 aromatic carbocycles. The molecule has 0 saturated carbocycles. The van der Waals surface area contributed by atoms with E-state index in [0.717, 1.165) is 22.2 Å². The number of nitrogens with zero attached hydrogens (tertiary/aromatic N) is 1. The molecule has 19 heavy (non-hydrogen) atoms. The highest BCUT2D eigenvalue weighted by Crippen LogP contribution is 2.36. The first-order valence-electron chi connectivity index (χ1n) is 6.04. The van der Waals surface area contributed by atoms with Gasteiger partial charge in [0.2, 0.25) is 0 Å². The minimum atomic E-state index is 0.00781. The van der Waals surface area contributed by atoms with Crippen LogP contribution in [0.5, 0.6) is 11.5 Å². The van der Waals surface area contributed by atoms with Gasteiger partial charge in [0.25, 0.3) is 0 Å². The zero-order chi connectivity index (χ0) is 13.6. The van der Waals surface area contributed by atoms with Crippen molar-refractivity contribution >= 4 is 11.0 Å². The van der Waals surface area contributed by atoms with Crippen molar-refractivity contribution in [2.24, 2.45) is 0 Å². The van der Waals surface area contributed by atoms with Crippen LogP contribution in [0.3, 0.4) is 0 Å². The summed E-state index contributed by atoms with van der Waals surface area (Å²) in [4.78, 5) is 7.61. The Balaban J connectivity index is 2.30. The van der Waals surface area contributed by atoms with E-state index in [2.05, 4.69) is 16.0 Å². The number of benzene rings is 2. The number of H-pyrrole nitrogens is 1. The Kier molecular flexibility index (Phi) is 2.45. The van der Waals surface area contributed by atoms with Gasteiger partial charge >= 0.3 is 0 Å². The molecule has 1 heterocycles. The van der Waals surface area contributed by atoms with Gasteiger partial charge in [0.1, 0.15) is 22.9 Å². The number of aromatic amines is 1. The molecule has 3 N–H and O–H groups in total. The van der Waals surface area contributed by atoms with Gasteiger partial charge in [-0.2, -0.15) is 0 Å². The molecule has 0 saturated heterocycles. The van der Waals surface area contributed by atoms with Crippen LogP contribution in [0.2, 0.25) is 0 Å². The normalized spacial score (nSPS) is 11.1. The van der Waals surface area contributed by atoms with Gasteiger partial charge in [0.15, 0.2) is 0 Å². The topological polar surface area (TPSA) is 69.1 Å². The van der Waals surface area contributed by atoms with E-state index in [4.69, 9.17) is 0 Å². The lowest BCUT2D eigenvalue weighted by Crippen LogP contribution is -1.82. The van der Waals surface area contributed by atoms with Crippen molar-refractivity contribution in [1.29, 1.82) is 0 Å². The molecule has 0 unspecified atom stereocenters. The molecule has 4 heteroatoms. The Morgan fingerprint density at radius 2 is 1.74 bits per heavy atom. The van der Waals surface area contributed by atoms with Crippen molar-refractivity contribution < 1.29 is 10.2 Å². The molecule has 4 nitrogen and oxygen atoms in total. The summed E-state index contributed by atoms with van der Waals surface area (Å²) in [6, 6.07) is 8.69. The highest BCUT2D eigenvalue weighted by atomic mass is 16.3. The summed E-state index contributed by atoms with van der Waals surface area (Å²) in [5.41, 5.74) is 4.28. The molecule has 96 valence electrons. The predicted molar refractivity (Wildman–Crippen MR) is 74.3 cm³/mol. The van der Waals surface area contributed by atoms with E-state index < -0.39 is 0 Å². The molecule has 3 rings (SSSR count). The number of aromatic nitrogens is 2. The minimum Gasteiger partial charge on any atom is -0.507 e. The molecule has 0 aliphatic heterocycles. The summed E-state index contributed by atoms with van der Waals surface area (Å²) in [6.07, 6.45) is 0. The van der Waals surface area contributed by atoms with Crippen LogP contribution in [0.4, 0.5) is 0 Å². The number of aromatic hydroxyl groups is 2. The number of phenols is 2. The molecule has 0 spiro atoms. The number of imidazole rings is 1. The maximum atomic E-state index is 9.87. The summed E-state index contributed by atoms with van der Waals surface area (Å²) in [5, 5.41) is 19.7. The lowest BCUT2D eigenvalue weighted by Gasteiger charge is -2.02. The summed E-state index contributed by atoms with van der Waals surface area (Å²) in [7, 11) is 0. The van der Waals surface area contributed by atoms with Crippen LogP contribution in [0, 0.1) is 13.8 Å². The van der Waals surface area contributed by atoms with Gasteiger partial charge in [-0.25, -0.2) is 4.98 Å². The second kappa shape index (κ2) is 4.02. The van der Waals surface area contributed by atoms with E-state index in [-0.39, 0.29) is 11.5 Å². The number of nitrogens with one attached hydrogen (secondary N) is 1. The largest absolute Gasteiger partial charge is 0.507 e. The van der Waals surface area contributed by atoms with Crippen molar-refractivity contribution in [3.63, 3.8) is 0 Å². The average Bonchev–Trinajstić information content (AvgIpc) is 2.72. The van der Waals surface area contributed by atoms with E-state index in [1.54, 1.807) is 6.07 Å². The van der Waals surface area contributed by atoms with E-state index in [1.807, 2.05) is 19.9 Å². The van der Waals surface area contributed by atoms with Crippen LogP contribution >= 0.6 is 0 Å². The van der Waals surface area contributed by atoms with E-state index in [1.165, 1.54) is 12.1 Å². The van der Waals surface area contributed by atoms with Crippen molar-refractivity contribution in [3.05, 3.63) is 41.5 Å². The SMILES string of the molecule is Cc1cc(C)c2nc(-c3c(O)cccc3O)[nH]c2c1. The summed E-state index contributed by atoms with van der Waals surface area (Å²) >= 11 is 0. The van der Waals surface area contributed by atoms with Crippen LogP contribution in [0.25, 0.3) is 22.4 Å². The maximum absolute atomic E-state index is 9.87. The quantitative estimate of drug-likeness (QED) is 0.624. The number of aryl methyl sites for hydroxylation is 2. The van der Waals surface area contributed by atoms with Gasteiger partial charge in [0, 0.05) is 0 Å². The first-order chi connectivity index (χ1) is 9.06. The lowest BCUT2D eigenvalue weighted by molar-refractivity contribution is 0.453. The maximum Gasteiger partial charge on any atom is 0.146 e.